The summed E-state index contributed by atoms with van der Waals surface area (Å²) in [5, 5.41) is 18.4. The summed E-state index contributed by atoms with van der Waals surface area (Å²) in [6.07, 6.45) is 3.83. The van der Waals surface area contributed by atoms with E-state index >= 15 is 0 Å². The first kappa shape index (κ1) is 13.9. The van der Waals surface area contributed by atoms with Crippen molar-refractivity contribution in [1.82, 2.24) is 5.32 Å². The highest BCUT2D eigenvalue weighted by Gasteiger charge is 2.12. The van der Waals surface area contributed by atoms with Crippen LogP contribution in [0.5, 0.6) is 0 Å². The first-order chi connectivity index (χ1) is 10.4. The van der Waals surface area contributed by atoms with Crippen LogP contribution in [-0.4, -0.2) is 19.6 Å². The second kappa shape index (κ2) is 6.60. The standard InChI is InChI=1S/C18H21N3/c19-12-15-7-8-18(17-6-2-1-5-16(15)17)21-11-9-14-4-3-10-20-13-14/h1-2,5-8,14,20-21H,3-4,9-11,13H2. The fourth-order valence-electron chi connectivity index (χ4n) is 3.13. The van der Waals surface area contributed by atoms with Gasteiger partial charge in [-0.3, -0.25) is 0 Å². The van der Waals surface area contributed by atoms with E-state index in [0.717, 1.165) is 41.0 Å². The zero-order valence-electron chi connectivity index (χ0n) is 12.2. The normalized spacial score (nSPS) is 18.3. The molecular weight excluding hydrogens is 258 g/mol. The average Bonchev–Trinajstić information content (AvgIpc) is 2.56. The van der Waals surface area contributed by atoms with Gasteiger partial charge in [-0.1, -0.05) is 24.3 Å². The second-order valence-electron chi connectivity index (χ2n) is 5.75. The van der Waals surface area contributed by atoms with E-state index in [0.29, 0.717) is 0 Å². The first-order valence-electron chi connectivity index (χ1n) is 7.75. The summed E-state index contributed by atoms with van der Waals surface area (Å²) in [5.74, 6) is 0.788. The number of hydrogen-bond donors (Lipinski definition) is 2. The maximum Gasteiger partial charge on any atom is 0.0998 e. The molecular formula is C18H21N3. The van der Waals surface area contributed by atoms with Crippen molar-refractivity contribution in [2.75, 3.05) is 25.0 Å². The third kappa shape index (κ3) is 3.17. The molecule has 0 spiro atoms. The van der Waals surface area contributed by atoms with Gasteiger partial charge < -0.3 is 10.6 Å². The van der Waals surface area contributed by atoms with E-state index in [1.807, 2.05) is 30.3 Å². The van der Waals surface area contributed by atoms with E-state index in [1.165, 1.54) is 25.8 Å². The lowest BCUT2D eigenvalue weighted by Gasteiger charge is -2.23. The highest BCUT2D eigenvalue weighted by Crippen LogP contribution is 2.26. The molecule has 21 heavy (non-hydrogen) atoms. The van der Waals surface area contributed by atoms with Crippen molar-refractivity contribution in [2.24, 2.45) is 5.92 Å². The number of nitrogens with zero attached hydrogens (tertiary/aromatic N) is 1. The van der Waals surface area contributed by atoms with E-state index in [9.17, 15) is 5.26 Å². The van der Waals surface area contributed by atoms with Crippen molar-refractivity contribution in [3.05, 3.63) is 42.0 Å². The molecule has 0 aromatic heterocycles. The van der Waals surface area contributed by atoms with Crippen molar-refractivity contribution >= 4 is 16.5 Å². The van der Waals surface area contributed by atoms with E-state index in [-0.39, 0.29) is 0 Å². The smallest absolute Gasteiger partial charge is 0.0998 e. The molecule has 2 aromatic carbocycles. The lowest BCUT2D eigenvalue weighted by molar-refractivity contribution is 0.364. The number of piperidine rings is 1. The number of fused-ring (bicyclic) bond motifs is 1. The second-order valence-corrected chi connectivity index (χ2v) is 5.75. The zero-order chi connectivity index (χ0) is 14.5. The summed E-state index contributed by atoms with van der Waals surface area (Å²) in [5.41, 5.74) is 1.88. The highest BCUT2D eigenvalue weighted by atomic mass is 14.9. The van der Waals surface area contributed by atoms with Crippen LogP contribution in [0.3, 0.4) is 0 Å². The third-order valence-corrected chi connectivity index (χ3v) is 4.31. The highest BCUT2D eigenvalue weighted by molar-refractivity contribution is 5.97. The van der Waals surface area contributed by atoms with Gasteiger partial charge in [0.2, 0.25) is 0 Å². The molecule has 108 valence electrons. The minimum atomic E-state index is 0.743. The number of hydrogen-bond acceptors (Lipinski definition) is 3. The van der Waals surface area contributed by atoms with Gasteiger partial charge >= 0.3 is 0 Å². The third-order valence-electron chi connectivity index (χ3n) is 4.31. The predicted octanol–water partition coefficient (Wildman–Crippen LogP) is 3.51. The fourth-order valence-corrected chi connectivity index (χ4v) is 3.13. The summed E-state index contributed by atoms with van der Waals surface area (Å²) in [6.45, 7) is 3.31. The molecule has 0 aliphatic carbocycles. The van der Waals surface area contributed by atoms with Gasteiger partial charge in [-0.15, -0.1) is 0 Å². The monoisotopic (exact) mass is 279 g/mol. The lowest BCUT2D eigenvalue weighted by Crippen LogP contribution is -2.30. The molecule has 1 unspecified atom stereocenters. The van der Waals surface area contributed by atoms with Crippen molar-refractivity contribution in [1.29, 1.82) is 5.26 Å². The van der Waals surface area contributed by atoms with Gasteiger partial charge in [0.15, 0.2) is 0 Å². The molecule has 1 saturated heterocycles. The van der Waals surface area contributed by atoms with Crippen LogP contribution in [0.2, 0.25) is 0 Å². The van der Waals surface area contributed by atoms with Crippen molar-refractivity contribution in [2.45, 2.75) is 19.3 Å². The molecule has 2 aromatic rings. The summed E-state index contributed by atoms with van der Waals surface area (Å²) < 4.78 is 0. The molecule has 0 saturated carbocycles. The Morgan fingerprint density at radius 1 is 1.19 bits per heavy atom. The molecule has 0 amide bonds. The summed E-state index contributed by atoms with van der Waals surface area (Å²) in [7, 11) is 0. The van der Waals surface area contributed by atoms with Crippen LogP contribution in [0, 0.1) is 17.2 Å². The molecule has 3 nitrogen and oxygen atoms in total. The SMILES string of the molecule is N#Cc1ccc(NCCC2CCCNC2)c2ccccc12. The van der Waals surface area contributed by atoms with E-state index in [4.69, 9.17) is 0 Å². The van der Waals surface area contributed by atoms with Crippen LogP contribution in [0.4, 0.5) is 5.69 Å². The van der Waals surface area contributed by atoms with Crippen LogP contribution < -0.4 is 10.6 Å². The molecule has 1 atom stereocenters. The first-order valence-corrected chi connectivity index (χ1v) is 7.75. The Hall–Kier alpha value is -2.05. The molecule has 2 N–H and O–H groups in total. The van der Waals surface area contributed by atoms with Crippen LogP contribution >= 0.6 is 0 Å². The van der Waals surface area contributed by atoms with Crippen molar-refractivity contribution in [3.63, 3.8) is 0 Å². The zero-order valence-corrected chi connectivity index (χ0v) is 12.2. The van der Waals surface area contributed by atoms with E-state index in [1.54, 1.807) is 0 Å². The van der Waals surface area contributed by atoms with E-state index in [2.05, 4.69) is 22.8 Å². The lowest BCUT2D eigenvalue weighted by atomic mass is 9.96. The van der Waals surface area contributed by atoms with Gasteiger partial charge in [0.25, 0.3) is 0 Å². The molecule has 1 fully saturated rings. The summed E-state index contributed by atoms with van der Waals surface area (Å²) >= 11 is 0. The Labute approximate surface area is 126 Å². The van der Waals surface area contributed by atoms with Crippen LogP contribution in [0.15, 0.2) is 36.4 Å². The van der Waals surface area contributed by atoms with Crippen LogP contribution in [0.25, 0.3) is 10.8 Å². The molecule has 0 radical (unpaired) electrons. The Kier molecular flexibility index (Phi) is 4.37. The van der Waals surface area contributed by atoms with Gasteiger partial charge in [0.05, 0.1) is 11.6 Å². The van der Waals surface area contributed by atoms with Gasteiger partial charge in [-0.05, 0) is 50.4 Å². The van der Waals surface area contributed by atoms with Crippen molar-refractivity contribution in [3.8, 4) is 6.07 Å². The topological polar surface area (TPSA) is 47.9 Å². The average molecular weight is 279 g/mol. The molecule has 1 aliphatic rings. The molecule has 1 aliphatic heterocycles. The summed E-state index contributed by atoms with van der Waals surface area (Å²) in [4.78, 5) is 0. The van der Waals surface area contributed by atoms with E-state index < -0.39 is 0 Å². The molecule has 0 bridgehead atoms. The number of rotatable bonds is 4. The maximum atomic E-state index is 9.20. The Bertz CT molecular complexity index is 651. The largest absolute Gasteiger partial charge is 0.385 e. The Balaban J connectivity index is 1.71. The predicted molar refractivity (Wildman–Crippen MR) is 87.4 cm³/mol. The fraction of sp³-hybridized carbons (Fsp3) is 0.389. The van der Waals surface area contributed by atoms with Crippen LogP contribution in [-0.2, 0) is 0 Å². The quantitative estimate of drug-likeness (QED) is 0.900. The number of benzene rings is 2. The minimum absolute atomic E-state index is 0.743. The summed E-state index contributed by atoms with van der Waals surface area (Å²) in [6, 6.07) is 14.3. The van der Waals surface area contributed by atoms with Crippen LogP contribution in [0.1, 0.15) is 24.8 Å². The van der Waals surface area contributed by atoms with Crippen molar-refractivity contribution < 1.29 is 0 Å². The molecule has 3 heteroatoms. The number of nitrogens with one attached hydrogen (secondary N) is 2. The Morgan fingerprint density at radius 3 is 2.81 bits per heavy atom. The molecule has 1 heterocycles. The van der Waals surface area contributed by atoms with Gasteiger partial charge in [-0.2, -0.15) is 5.26 Å². The molecule has 3 rings (SSSR count). The number of anilines is 1. The minimum Gasteiger partial charge on any atom is -0.385 e. The van der Waals surface area contributed by atoms with Gasteiger partial charge in [0.1, 0.15) is 0 Å². The van der Waals surface area contributed by atoms with Gasteiger partial charge in [-0.25, -0.2) is 0 Å². The van der Waals surface area contributed by atoms with Gasteiger partial charge in [0, 0.05) is 23.0 Å². The Morgan fingerprint density at radius 2 is 2.05 bits per heavy atom. The number of nitriles is 1. The maximum absolute atomic E-state index is 9.20.